The summed E-state index contributed by atoms with van der Waals surface area (Å²) in [5.74, 6) is -4.06. The van der Waals surface area contributed by atoms with Crippen molar-refractivity contribution in [1.82, 2.24) is 0 Å². The minimum Gasteiger partial charge on any atom is -0.394 e. The molecule has 24 heavy (non-hydrogen) atoms. The fraction of sp³-hybridized carbons (Fsp3) is 0.500. The SMILES string of the molecule is [2H]C(C(=O)C1(O)O[C@H](CO)[C@@H](O)[C@H](O)[C@H]1N)c1ccc([N+](=O)[O-])cc1. The number of aliphatic hydroxyl groups is 4. The standard InChI is InChI=1S/C14H18N2O8/c15-13-12(20)11(19)9(6-17)24-14(13,21)10(18)5-7-1-3-8(4-2-7)16(22)23/h1-4,9,11-13,17,19-21H,5-6,15H2/t9-,11-,12+,13-,14?/m1/s1/i5D/t5?,9-,11-,12+,13-,14?. The van der Waals surface area contributed by atoms with Gasteiger partial charge >= 0.3 is 0 Å². The summed E-state index contributed by atoms with van der Waals surface area (Å²) in [6, 6.07) is 2.75. The van der Waals surface area contributed by atoms with Gasteiger partial charge < -0.3 is 30.9 Å². The van der Waals surface area contributed by atoms with Crippen LogP contribution in [0.25, 0.3) is 0 Å². The summed E-state index contributed by atoms with van der Waals surface area (Å²) in [6.45, 7) is -0.805. The number of hydrogen-bond donors (Lipinski definition) is 5. The summed E-state index contributed by atoms with van der Waals surface area (Å²) in [7, 11) is 0. The van der Waals surface area contributed by atoms with Gasteiger partial charge in [-0.25, -0.2) is 0 Å². The van der Waals surface area contributed by atoms with Gasteiger partial charge in [0.1, 0.15) is 18.3 Å². The average molecular weight is 343 g/mol. The Morgan fingerprint density at radius 1 is 1.38 bits per heavy atom. The van der Waals surface area contributed by atoms with Gasteiger partial charge in [0.2, 0.25) is 5.79 Å². The lowest BCUT2D eigenvalue weighted by Gasteiger charge is -2.45. The fourth-order valence-corrected chi connectivity index (χ4v) is 2.36. The van der Waals surface area contributed by atoms with Gasteiger partial charge in [-0.15, -0.1) is 0 Å². The second kappa shape index (κ2) is 6.89. The molecule has 0 aliphatic carbocycles. The second-order valence-corrected chi connectivity index (χ2v) is 5.40. The van der Waals surface area contributed by atoms with Crippen LogP contribution in [0.3, 0.4) is 0 Å². The normalized spacial score (nSPS) is 35.1. The van der Waals surface area contributed by atoms with E-state index in [2.05, 4.69) is 0 Å². The van der Waals surface area contributed by atoms with Crippen molar-refractivity contribution in [3.63, 3.8) is 0 Å². The number of nitro groups is 1. The molecular formula is C14H18N2O8. The third kappa shape index (κ3) is 3.29. The quantitative estimate of drug-likeness (QED) is 0.294. The van der Waals surface area contributed by atoms with E-state index in [1.54, 1.807) is 0 Å². The van der Waals surface area contributed by atoms with Crippen LogP contribution in [0, 0.1) is 10.1 Å². The van der Waals surface area contributed by atoms with Crippen molar-refractivity contribution in [1.29, 1.82) is 0 Å². The zero-order valence-electron chi connectivity index (χ0n) is 13.3. The van der Waals surface area contributed by atoms with E-state index in [1.807, 2.05) is 0 Å². The first-order chi connectivity index (χ1) is 11.6. The van der Waals surface area contributed by atoms with Crippen LogP contribution in [-0.2, 0) is 15.9 Å². The summed E-state index contributed by atoms with van der Waals surface area (Å²) >= 11 is 0. The number of nitrogens with two attached hydrogens (primary N) is 1. The van der Waals surface area contributed by atoms with Crippen molar-refractivity contribution in [2.45, 2.75) is 36.5 Å². The summed E-state index contributed by atoms with van der Waals surface area (Å²) in [6.07, 6.45) is -6.60. The molecule has 1 saturated heterocycles. The molecule has 0 spiro atoms. The fourth-order valence-electron chi connectivity index (χ4n) is 2.36. The van der Waals surface area contributed by atoms with Crippen LogP contribution in [0.1, 0.15) is 6.93 Å². The number of Topliss-reactive ketones (excluding diaryl/α,β-unsaturated/α-hetero) is 1. The number of non-ortho nitro benzene ring substituents is 1. The highest BCUT2D eigenvalue weighted by Gasteiger charge is 2.55. The molecule has 1 heterocycles. The van der Waals surface area contributed by atoms with Gasteiger partial charge in [-0.1, -0.05) is 12.1 Å². The first-order valence-electron chi connectivity index (χ1n) is 7.55. The van der Waals surface area contributed by atoms with Crippen LogP contribution in [-0.4, -0.2) is 67.9 Å². The van der Waals surface area contributed by atoms with Crippen molar-refractivity contribution in [3.8, 4) is 0 Å². The second-order valence-electron chi connectivity index (χ2n) is 5.40. The van der Waals surface area contributed by atoms with Gasteiger partial charge in [0.15, 0.2) is 5.78 Å². The van der Waals surface area contributed by atoms with Crippen LogP contribution in [0.4, 0.5) is 5.69 Å². The first-order valence-corrected chi connectivity index (χ1v) is 6.97. The van der Waals surface area contributed by atoms with Gasteiger partial charge in [-0.3, -0.25) is 14.9 Å². The van der Waals surface area contributed by atoms with E-state index >= 15 is 0 Å². The van der Waals surface area contributed by atoms with E-state index in [1.165, 1.54) is 12.1 Å². The van der Waals surface area contributed by atoms with Crippen molar-refractivity contribution < 1.29 is 36.3 Å². The number of nitrogens with zero attached hydrogens (tertiary/aromatic N) is 1. The Morgan fingerprint density at radius 3 is 2.46 bits per heavy atom. The lowest BCUT2D eigenvalue weighted by molar-refractivity contribution is -0.384. The summed E-state index contributed by atoms with van der Waals surface area (Å²) < 4.78 is 12.9. The number of carbonyl (C=O) groups excluding carboxylic acids is 1. The topological polar surface area (TPSA) is 176 Å². The van der Waals surface area contributed by atoms with E-state index in [9.17, 15) is 30.2 Å². The maximum absolute atomic E-state index is 12.5. The molecule has 10 nitrogen and oxygen atoms in total. The van der Waals surface area contributed by atoms with Crippen LogP contribution in [0.15, 0.2) is 24.3 Å². The van der Waals surface area contributed by atoms with Gasteiger partial charge in [0, 0.05) is 19.9 Å². The minimum absolute atomic E-state index is 0.0287. The van der Waals surface area contributed by atoms with E-state index in [4.69, 9.17) is 16.9 Å². The molecule has 6 atom stereocenters. The maximum atomic E-state index is 12.5. The number of ether oxygens (including phenoxy) is 1. The van der Waals surface area contributed by atoms with Gasteiger partial charge in [0.05, 0.1) is 17.6 Å². The highest BCUT2D eigenvalue weighted by atomic mass is 16.7. The largest absolute Gasteiger partial charge is 0.394 e. The molecule has 0 amide bonds. The molecule has 1 aromatic carbocycles. The Balaban J connectivity index is 2.28. The van der Waals surface area contributed by atoms with Crippen LogP contribution in [0.2, 0.25) is 0 Å². The molecular weight excluding hydrogens is 324 g/mol. The molecule has 0 radical (unpaired) electrons. The molecule has 1 aliphatic heterocycles. The van der Waals surface area contributed by atoms with Crippen molar-refractivity contribution in [2.24, 2.45) is 5.73 Å². The Hall–Kier alpha value is -1.95. The number of carbonyl (C=O) groups is 1. The number of ketones is 1. The Morgan fingerprint density at radius 2 is 1.96 bits per heavy atom. The van der Waals surface area contributed by atoms with E-state index in [0.717, 1.165) is 12.1 Å². The zero-order chi connectivity index (χ0) is 18.9. The smallest absolute Gasteiger partial charge is 0.269 e. The maximum Gasteiger partial charge on any atom is 0.269 e. The number of benzene rings is 1. The summed E-state index contributed by atoms with van der Waals surface area (Å²) in [5, 5.41) is 49.8. The molecule has 0 saturated carbocycles. The van der Waals surface area contributed by atoms with Crippen molar-refractivity contribution >= 4 is 11.5 Å². The van der Waals surface area contributed by atoms with Gasteiger partial charge in [0.25, 0.3) is 5.69 Å². The lowest BCUT2D eigenvalue weighted by Crippen LogP contribution is -2.71. The summed E-state index contributed by atoms with van der Waals surface area (Å²) in [5.41, 5.74) is 5.37. The van der Waals surface area contributed by atoms with E-state index in [0.29, 0.717) is 0 Å². The molecule has 6 N–H and O–H groups in total. The van der Waals surface area contributed by atoms with Gasteiger partial charge in [-0.05, 0) is 5.56 Å². The summed E-state index contributed by atoms with van der Waals surface area (Å²) in [4.78, 5) is 22.5. The monoisotopic (exact) mass is 343 g/mol. The number of hydrogen-bond acceptors (Lipinski definition) is 9. The minimum atomic E-state index is -2.82. The molecule has 1 fully saturated rings. The van der Waals surface area contributed by atoms with E-state index < -0.39 is 53.9 Å². The first kappa shape index (κ1) is 16.9. The lowest BCUT2D eigenvalue weighted by atomic mass is 9.86. The Bertz CT molecular complexity index is 655. The number of aliphatic hydroxyl groups excluding tert-OH is 3. The van der Waals surface area contributed by atoms with Gasteiger partial charge in [-0.2, -0.15) is 0 Å². The van der Waals surface area contributed by atoms with E-state index in [-0.39, 0.29) is 11.3 Å². The zero-order valence-corrected chi connectivity index (χ0v) is 12.3. The molecule has 0 aromatic heterocycles. The number of nitro benzene ring substituents is 1. The van der Waals surface area contributed by atoms with Crippen LogP contribution >= 0.6 is 0 Å². The third-order valence-corrected chi connectivity index (χ3v) is 3.82. The van der Waals surface area contributed by atoms with Crippen molar-refractivity contribution in [2.75, 3.05) is 6.61 Å². The molecule has 1 aromatic rings. The highest BCUT2D eigenvalue weighted by Crippen LogP contribution is 2.29. The third-order valence-electron chi connectivity index (χ3n) is 3.82. The predicted octanol–water partition coefficient (Wildman–Crippen LogP) is -2.16. The molecule has 2 rings (SSSR count). The Labute approximate surface area is 137 Å². The van der Waals surface area contributed by atoms with Crippen molar-refractivity contribution in [3.05, 3.63) is 39.9 Å². The molecule has 10 heteroatoms. The van der Waals surface area contributed by atoms with Crippen LogP contribution in [0.5, 0.6) is 0 Å². The molecule has 132 valence electrons. The highest BCUT2D eigenvalue weighted by molar-refractivity contribution is 5.88. The molecule has 0 bridgehead atoms. The average Bonchev–Trinajstić information content (AvgIpc) is 2.61. The Kier molecular flexibility index (Phi) is 4.85. The molecule has 1 aliphatic rings. The predicted molar refractivity (Wildman–Crippen MR) is 78.7 cm³/mol. The van der Waals surface area contributed by atoms with Crippen LogP contribution < -0.4 is 5.73 Å². The number of rotatable bonds is 5. The molecule has 2 unspecified atom stereocenters.